The third-order valence-electron chi connectivity index (χ3n) is 8.78. The monoisotopic (exact) mass is 822 g/mol. The normalized spacial score (nSPS) is 14.9. The summed E-state index contributed by atoms with van der Waals surface area (Å²) in [6.45, 7) is 3.97. The maximum atomic E-state index is 12.6. The van der Waals surface area contributed by atoms with Crippen molar-refractivity contribution in [3.8, 4) is 0 Å². The third-order valence-corrected chi connectivity index (χ3v) is 9.74. The Hall–Kier alpha value is -2.59. The van der Waals surface area contributed by atoms with E-state index in [1.54, 1.807) is 6.08 Å². The molecule has 0 aliphatic carbocycles. The molecule has 0 fully saturated rings. The largest absolute Gasteiger partial charge is 0.756 e. The minimum Gasteiger partial charge on any atom is -0.756 e. The lowest BCUT2D eigenvalue weighted by Gasteiger charge is -2.28. The quantitative estimate of drug-likeness (QED) is 0.0161. The molecule has 1 N–H and O–H groups in total. The van der Waals surface area contributed by atoms with Crippen molar-refractivity contribution in [2.45, 2.75) is 161 Å². The van der Waals surface area contributed by atoms with Crippen LogP contribution in [-0.2, 0) is 32.7 Å². The molecule has 328 valence electrons. The summed E-state index contributed by atoms with van der Waals surface area (Å²) < 4.78 is 33.7. The summed E-state index contributed by atoms with van der Waals surface area (Å²) in [4.78, 5) is 37.5. The molecular weight excluding hydrogens is 741 g/mol. The molecule has 0 aliphatic rings. The van der Waals surface area contributed by atoms with E-state index < -0.39 is 38.6 Å². The van der Waals surface area contributed by atoms with E-state index >= 15 is 0 Å². The maximum Gasteiger partial charge on any atom is 0.306 e. The first-order valence-electron chi connectivity index (χ1n) is 21.8. The van der Waals surface area contributed by atoms with Crippen molar-refractivity contribution in [3.05, 3.63) is 72.9 Å². The van der Waals surface area contributed by atoms with Gasteiger partial charge in [0.05, 0.1) is 33.9 Å². The molecule has 0 aliphatic heterocycles. The van der Waals surface area contributed by atoms with Crippen LogP contribution in [0.3, 0.4) is 0 Å². The van der Waals surface area contributed by atoms with Crippen molar-refractivity contribution in [2.75, 3.05) is 47.5 Å². The predicted molar refractivity (Wildman–Crippen MR) is 232 cm³/mol. The molecule has 3 unspecified atom stereocenters. The van der Waals surface area contributed by atoms with Gasteiger partial charge in [-0.3, -0.25) is 14.2 Å². The van der Waals surface area contributed by atoms with Crippen LogP contribution in [0.25, 0.3) is 0 Å². The number of allylic oxidation sites excluding steroid dienone is 10. The molecule has 0 bridgehead atoms. The van der Waals surface area contributed by atoms with Gasteiger partial charge in [0.25, 0.3) is 7.82 Å². The average Bonchev–Trinajstić information content (AvgIpc) is 3.15. The second kappa shape index (κ2) is 37.7. The highest BCUT2D eigenvalue weighted by molar-refractivity contribution is 7.45. The molecule has 0 aromatic carbocycles. The molecule has 10 nitrogen and oxygen atoms in total. The number of phosphoric acid groups is 1. The van der Waals surface area contributed by atoms with Crippen LogP contribution in [0.1, 0.15) is 149 Å². The number of unbranched alkanes of at least 4 members (excludes halogenated alkanes) is 12. The Morgan fingerprint density at radius 2 is 1.19 bits per heavy atom. The number of quaternary nitrogens is 1. The average molecular weight is 822 g/mol. The van der Waals surface area contributed by atoms with Crippen molar-refractivity contribution in [2.24, 2.45) is 0 Å². The van der Waals surface area contributed by atoms with Gasteiger partial charge in [0.1, 0.15) is 19.8 Å². The first-order valence-corrected chi connectivity index (χ1v) is 23.2. The topological polar surface area (TPSA) is 131 Å². The van der Waals surface area contributed by atoms with Crippen molar-refractivity contribution in [3.63, 3.8) is 0 Å². The summed E-state index contributed by atoms with van der Waals surface area (Å²) in [5.74, 6) is -0.963. The van der Waals surface area contributed by atoms with Crippen LogP contribution in [0.4, 0.5) is 0 Å². The molecule has 0 spiro atoms. The van der Waals surface area contributed by atoms with Crippen LogP contribution in [0.2, 0.25) is 0 Å². The van der Waals surface area contributed by atoms with Crippen LogP contribution >= 0.6 is 7.82 Å². The number of carbonyl (C=O) groups excluding carboxylic acids is 2. The molecule has 57 heavy (non-hydrogen) atoms. The Balaban J connectivity index is 4.58. The van der Waals surface area contributed by atoms with Crippen molar-refractivity contribution in [1.82, 2.24) is 0 Å². The Kier molecular flexibility index (Phi) is 36.0. The van der Waals surface area contributed by atoms with Crippen LogP contribution < -0.4 is 4.89 Å². The molecular formula is C46H80NO9P. The van der Waals surface area contributed by atoms with E-state index in [2.05, 4.69) is 44.2 Å². The fraction of sp³-hybridized carbons (Fsp3) is 0.696. The Labute approximate surface area is 347 Å². The number of hydrogen-bond acceptors (Lipinski definition) is 9. The fourth-order valence-corrected chi connectivity index (χ4v) is 6.02. The number of phosphoric ester groups is 1. The molecule has 0 amide bonds. The van der Waals surface area contributed by atoms with Gasteiger partial charge in [0.15, 0.2) is 6.10 Å². The fourth-order valence-electron chi connectivity index (χ4n) is 5.29. The van der Waals surface area contributed by atoms with E-state index in [9.17, 15) is 24.2 Å². The first kappa shape index (κ1) is 54.4. The lowest BCUT2D eigenvalue weighted by Crippen LogP contribution is -2.37. The van der Waals surface area contributed by atoms with Gasteiger partial charge in [-0.2, -0.15) is 0 Å². The van der Waals surface area contributed by atoms with E-state index in [0.29, 0.717) is 43.1 Å². The van der Waals surface area contributed by atoms with Gasteiger partial charge in [-0.1, -0.05) is 132 Å². The summed E-state index contributed by atoms with van der Waals surface area (Å²) in [6.07, 6.45) is 42.5. The number of esters is 2. The summed E-state index contributed by atoms with van der Waals surface area (Å²) in [5.41, 5.74) is 0. The SMILES string of the molecule is CCCCC/C=C\C/C=C\CCCCCCCC(=O)OCC(COP(=O)([O-])OCC[N+](C)(C)C)OC(=O)CCC/C=C\C/C=C\C=C\C(O)C/C=C\CCCCC. The molecule has 11 heteroatoms. The minimum absolute atomic E-state index is 0.0580. The number of rotatable bonds is 38. The maximum absolute atomic E-state index is 12.6. The highest BCUT2D eigenvalue weighted by Crippen LogP contribution is 2.38. The van der Waals surface area contributed by atoms with Gasteiger partial charge in [-0.05, 0) is 77.0 Å². The molecule has 0 aromatic rings. The number of ether oxygens (including phenoxy) is 2. The van der Waals surface area contributed by atoms with Gasteiger partial charge < -0.3 is 33.0 Å². The zero-order valence-electron chi connectivity index (χ0n) is 36.4. The summed E-state index contributed by atoms with van der Waals surface area (Å²) in [6, 6.07) is 0. The molecule has 0 heterocycles. The second-order valence-corrected chi connectivity index (χ2v) is 17.0. The smallest absolute Gasteiger partial charge is 0.306 e. The highest BCUT2D eigenvalue weighted by atomic mass is 31.2. The van der Waals surface area contributed by atoms with E-state index in [1.165, 1.54) is 44.9 Å². The number of carbonyl (C=O) groups is 2. The van der Waals surface area contributed by atoms with Crippen molar-refractivity contribution < 1.29 is 47.2 Å². The number of hydrogen-bond donors (Lipinski definition) is 1. The summed E-state index contributed by atoms with van der Waals surface area (Å²) >= 11 is 0. The highest BCUT2D eigenvalue weighted by Gasteiger charge is 2.21. The molecule has 0 aromatic heterocycles. The zero-order valence-corrected chi connectivity index (χ0v) is 37.3. The van der Waals surface area contributed by atoms with Gasteiger partial charge in [-0.25, -0.2) is 0 Å². The number of aliphatic hydroxyl groups excluding tert-OH is 1. The van der Waals surface area contributed by atoms with Crippen molar-refractivity contribution in [1.29, 1.82) is 0 Å². The second-order valence-electron chi connectivity index (χ2n) is 15.5. The minimum atomic E-state index is -4.66. The molecule has 0 saturated heterocycles. The number of likely N-dealkylation sites (N-methyl/N-ethyl adjacent to an activating group) is 1. The standard InChI is InChI=1S/C46H80NO9P/c1-6-8-10-12-14-15-16-17-18-19-20-21-25-29-33-37-45(49)53-41-44(42-55-57(51,52)54-40-39-47(3,4)5)56-46(50)38-34-30-26-23-22-24-28-32-36-43(48)35-31-27-13-11-9-7-2/h14-15,17-18,23-24,26-28,31-32,36,43-44,48H,6-13,16,19-22,25,29-30,33-35,37-42H2,1-5H3/b15-14-,18-17-,26-23-,28-24-,31-27-,36-32+. The Morgan fingerprint density at radius 3 is 1.82 bits per heavy atom. The molecule has 0 saturated carbocycles. The lowest BCUT2D eigenvalue weighted by molar-refractivity contribution is -0.870. The number of aliphatic hydroxyl groups is 1. The third kappa shape index (κ3) is 41.4. The molecule has 0 rings (SSSR count). The summed E-state index contributed by atoms with van der Waals surface area (Å²) in [7, 11) is 1.07. The van der Waals surface area contributed by atoms with E-state index in [4.69, 9.17) is 18.5 Å². The first-order chi connectivity index (χ1) is 27.4. The van der Waals surface area contributed by atoms with E-state index in [-0.39, 0.29) is 26.1 Å². The van der Waals surface area contributed by atoms with E-state index in [1.807, 2.05) is 57.6 Å². The number of nitrogens with zero attached hydrogens (tertiary/aromatic N) is 1. The van der Waals surface area contributed by atoms with Crippen molar-refractivity contribution >= 4 is 19.8 Å². The van der Waals surface area contributed by atoms with Gasteiger partial charge >= 0.3 is 11.9 Å². The van der Waals surface area contributed by atoms with Gasteiger partial charge in [-0.15, -0.1) is 0 Å². The molecule has 0 radical (unpaired) electrons. The van der Waals surface area contributed by atoms with Crippen LogP contribution in [-0.4, -0.2) is 81.2 Å². The van der Waals surface area contributed by atoms with Crippen LogP contribution in [0.5, 0.6) is 0 Å². The lowest BCUT2D eigenvalue weighted by atomic mass is 10.1. The van der Waals surface area contributed by atoms with Gasteiger partial charge in [0, 0.05) is 12.8 Å². The van der Waals surface area contributed by atoms with Crippen LogP contribution in [0.15, 0.2) is 72.9 Å². The Bertz CT molecular complexity index is 1220. The van der Waals surface area contributed by atoms with E-state index in [0.717, 1.165) is 44.9 Å². The zero-order chi connectivity index (χ0) is 42.3. The molecule has 3 atom stereocenters. The van der Waals surface area contributed by atoms with Gasteiger partial charge in [0.2, 0.25) is 0 Å². The predicted octanol–water partition coefficient (Wildman–Crippen LogP) is 10.6. The Morgan fingerprint density at radius 1 is 0.649 bits per heavy atom. The van der Waals surface area contributed by atoms with Crippen LogP contribution in [0, 0.1) is 0 Å². The summed E-state index contributed by atoms with van der Waals surface area (Å²) in [5, 5.41) is 10.0.